The third kappa shape index (κ3) is 6.33. The topological polar surface area (TPSA) is 81.3 Å². The fraction of sp³-hybridized carbons (Fsp3) is 0.588. The normalized spacial score (nSPS) is 17.5. The van der Waals surface area contributed by atoms with Crippen molar-refractivity contribution in [2.45, 2.75) is 13.0 Å². The van der Waals surface area contributed by atoms with Crippen LogP contribution in [-0.4, -0.2) is 63.5 Å². The molecule has 3 N–H and O–H groups in total. The molecule has 0 saturated carbocycles. The fourth-order valence-corrected chi connectivity index (χ4v) is 3.12. The number of guanidine groups is 1. The quantitative estimate of drug-likeness (QED) is 0.271. The van der Waals surface area contributed by atoms with Crippen LogP contribution < -0.4 is 20.5 Å². The second kappa shape index (κ2) is 11.0. The lowest BCUT2D eigenvalue weighted by Crippen LogP contribution is -2.39. The van der Waals surface area contributed by atoms with Gasteiger partial charge in [0.2, 0.25) is 0 Å². The van der Waals surface area contributed by atoms with Gasteiger partial charge in [-0.1, -0.05) is 11.6 Å². The minimum Gasteiger partial charge on any atom is -0.486 e. The van der Waals surface area contributed by atoms with E-state index in [-0.39, 0.29) is 24.0 Å². The third-order valence-electron chi connectivity index (χ3n) is 4.15. The van der Waals surface area contributed by atoms with E-state index < -0.39 is 0 Å². The first kappa shape index (κ1) is 21.3. The molecule has 0 radical (unpaired) electrons. The molecule has 2 aliphatic rings. The first-order valence-corrected chi connectivity index (χ1v) is 9.02. The molecule has 1 saturated heterocycles. The molecule has 0 unspecified atom stereocenters. The van der Waals surface area contributed by atoms with Crippen molar-refractivity contribution < 1.29 is 14.2 Å². The molecule has 2 aliphatic heterocycles. The van der Waals surface area contributed by atoms with Crippen molar-refractivity contribution >= 4 is 41.5 Å². The number of nitrogens with two attached hydrogens (primary N) is 1. The summed E-state index contributed by atoms with van der Waals surface area (Å²) in [7, 11) is 0. The van der Waals surface area contributed by atoms with Gasteiger partial charge in [0.1, 0.15) is 13.2 Å². The largest absolute Gasteiger partial charge is 0.486 e. The van der Waals surface area contributed by atoms with Gasteiger partial charge in [-0.3, -0.25) is 4.90 Å². The highest BCUT2D eigenvalue weighted by molar-refractivity contribution is 14.0. The summed E-state index contributed by atoms with van der Waals surface area (Å²) in [5.74, 6) is 1.71. The maximum Gasteiger partial charge on any atom is 0.188 e. The standard InChI is InChI=1S/C17H25ClN4O3.HI/c18-14-10-13(11-15-16(14)25-9-8-24-15)12-21-17(19)20-2-1-3-22-4-6-23-7-5-22;/h10-11H,1-9,12H2,(H3,19,20,21);1H. The molecular formula is C17H26ClIN4O3. The van der Waals surface area contributed by atoms with Gasteiger partial charge in [0.05, 0.1) is 24.8 Å². The number of fused-ring (bicyclic) bond motifs is 1. The van der Waals surface area contributed by atoms with E-state index in [0.717, 1.165) is 51.4 Å². The summed E-state index contributed by atoms with van der Waals surface area (Å²) in [6, 6.07) is 3.74. The summed E-state index contributed by atoms with van der Waals surface area (Å²) in [6.45, 7) is 7.01. The summed E-state index contributed by atoms with van der Waals surface area (Å²) < 4.78 is 16.4. The maximum atomic E-state index is 6.22. The van der Waals surface area contributed by atoms with Crippen LogP contribution in [0.15, 0.2) is 17.1 Å². The lowest BCUT2D eigenvalue weighted by Gasteiger charge is -2.26. The zero-order valence-corrected chi connectivity index (χ0v) is 17.8. The summed E-state index contributed by atoms with van der Waals surface area (Å²) in [4.78, 5) is 6.76. The number of hydrogen-bond donors (Lipinski definition) is 2. The second-order valence-corrected chi connectivity index (χ2v) is 6.44. The molecule has 1 aromatic carbocycles. The minimum absolute atomic E-state index is 0. The molecule has 26 heavy (non-hydrogen) atoms. The molecule has 0 atom stereocenters. The van der Waals surface area contributed by atoms with Gasteiger partial charge < -0.3 is 25.3 Å². The molecule has 146 valence electrons. The molecule has 0 amide bonds. The van der Waals surface area contributed by atoms with Crippen LogP contribution in [-0.2, 0) is 11.3 Å². The number of rotatable bonds is 6. The highest BCUT2D eigenvalue weighted by Crippen LogP contribution is 2.38. The maximum absolute atomic E-state index is 6.22. The monoisotopic (exact) mass is 496 g/mol. The Kier molecular flexibility index (Phi) is 9.03. The van der Waals surface area contributed by atoms with Crippen molar-refractivity contribution in [2.24, 2.45) is 10.7 Å². The highest BCUT2D eigenvalue weighted by atomic mass is 127. The number of aliphatic imine (C=N–C) groups is 1. The van der Waals surface area contributed by atoms with Crippen LogP contribution in [0.25, 0.3) is 0 Å². The molecular weight excluding hydrogens is 471 g/mol. The number of benzene rings is 1. The first-order chi connectivity index (χ1) is 12.2. The zero-order valence-electron chi connectivity index (χ0n) is 14.7. The Bertz CT molecular complexity index is 612. The average Bonchev–Trinajstić information content (AvgIpc) is 2.64. The lowest BCUT2D eigenvalue weighted by molar-refractivity contribution is 0.0376. The summed E-state index contributed by atoms with van der Waals surface area (Å²) >= 11 is 6.22. The number of nitrogens with zero attached hydrogens (tertiary/aromatic N) is 2. The summed E-state index contributed by atoms with van der Waals surface area (Å²) in [6.07, 6.45) is 1.02. The van der Waals surface area contributed by atoms with Crippen molar-refractivity contribution in [1.29, 1.82) is 0 Å². The van der Waals surface area contributed by atoms with E-state index in [1.54, 1.807) is 0 Å². The van der Waals surface area contributed by atoms with Crippen molar-refractivity contribution in [3.05, 3.63) is 22.7 Å². The molecule has 1 fully saturated rings. The number of ether oxygens (including phenoxy) is 3. The van der Waals surface area contributed by atoms with Crippen molar-refractivity contribution in [2.75, 3.05) is 52.6 Å². The van der Waals surface area contributed by atoms with Gasteiger partial charge in [-0.05, 0) is 30.7 Å². The molecule has 1 aromatic rings. The van der Waals surface area contributed by atoms with Crippen molar-refractivity contribution in [3.8, 4) is 11.5 Å². The van der Waals surface area contributed by atoms with Crippen LogP contribution in [0.1, 0.15) is 12.0 Å². The predicted octanol–water partition coefficient (Wildman–Crippen LogP) is 1.86. The van der Waals surface area contributed by atoms with Gasteiger partial charge in [-0.2, -0.15) is 0 Å². The van der Waals surface area contributed by atoms with Crippen LogP contribution in [0.4, 0.5) is 0 Å². The predicted molar refractivity (Wildman–Crippen MR) is 113 cm³/mol. The van der Waals surface area contributed by atoms with E-state index >= 15 is 0 Å². The number of hydrogen-bond acceptors (Lipinski definition) is 5. The van der Waals surface area contributed by atoms with Gasteiger partial charge in [-0.15, -0.1) is 24.0 Å². The number of nitrogens with one attached hydrogen (secondary N) is 1. The van der Waals surface area contributed by atoms with Crippen molar-refractivity contribution in [1.82, 2.24) is 10.2 Å². The zero-order chi connectivity index (χ0) is 17.5. The second-order valence-electron chi connectivity index (χ2n) is 6.04. The fourth-order valence-electron chi connectivity index (χ4n) is 2.83. The Morgan fingerprint density at radius 2 is 1.96 bits per heavy atom. The van der Waals surface area contributed by atoms with E-state index in [9.17, 15) is 0 Å². The van der Waals surface area contributed by atoms with Crippen LogP contribution in [0, 0.1) is 0 Å². The molecule has 7 nitrogen and oxygen atoms in total. The van der Waals surface area contributed by atoms with Crippen molar-refractivity contribution in [3.63, 3.8) is 0 Å². The molecule has 0 aliphatic carbocycles. The molecule has 0 bridgehead atoms. The van der Waals surface area contributed by atoms with Crippen LogP contribution in [0.2, 0.25) is 5.02 Å². The smallest absolute Gasteiger partial charge is 0.188 e. The minimum atomic E-state index is 0. The van der Waals surface area contributed by atoms with E-state index in [1.807, 2.05) is 12.1 Å². The van der Waals surface area contributed by atoms with Gasteiger partial charge in [0.15, 0.2) is 17.5 Å². The average molecular weight is 497 g/mol. The Morgan fingerprint density at radius 1 is 1.19 bits per heavy atom. The lowest BCUT2D eigenvalue weighted by atomic mass is 10.2. The van der Waals surface area contributed by atoms with E-state index in [2.05, 4.69) is 15.2 Å². The molecule has 9 heteroatoms. The van der Waals surface area contributed by atoms with Crippen LogP contribution >= 0.6 is 35.6 Å². The van der Waals surface area contributed by atoms with E-state index in [0.29, 0.717) is 42.2 Å². The number of halogens is 2. The Labute approximate surface area is 176 Å². The summed E-state index contributed by atoms with van der Waals surface area (Å²) in [5, 5.41) is 3.69. The van der Waals surface area contributed by atoms with Crippen LogP contribution in [0.3, 0.4) is 0 Å². The Balaban J connectivity index is 0.00000243. The third-order valence-corrected chi connectivity index (χ3v) is 4.43. The molecule has 0 spiro atoms. The SMILES string of the molecule is I.NC(=NCc1cc(Cl)c2c(c1)OCCO2)NCCCN1CCOCC1. The van der Waals surface area contributed by atoms with Crippen LogP contribution in [0.5, 0.6) is 11.5 Å². The van der Waals surface area contributed by atoms with E-state index in [1.165, 1.54) is 0 Å². The number of morpholine rings is 1. The Hall–Kier alpha value is -0.970. The highest BCUT2D eigenvalue weighted by Gasteiger charge is 2.16. The van der Waals surface area contributed by atoms with Gasteiger partial charge >= 0.3 is 0 Å². The first-order valence-electron chi connectivity index (χ1n) is 8.64. The van der Waals surface area contributed by atoms with E-state index in [4.69, 9.17) is 31.5 Å². The van der Waals surface area contributed by atoms with Gasteiger partial charge in [-0.25, -0.2) is 4.99 Å². The van der Waals surface area contributed by atoms with Gasteiger partial charge in [0.25, 0.3) is 0 Å². The Morgan fingerprint density at radius 3 is 2.77 bits per heavy atom. The summed E-state index contributed by atoms with van der Waals surface area (Å²) in [5.41, 5.74) is 6.87. The van der Waals surface area contributed by atoms with Gasteiger partial charge in [0, 0.05) is 19.6 Å². The molecule has 3 rings (SSSR count). The molecule has 2 heterocycles. The molecule has 0 aromatic heterocycles.